The fraction of sp³-hybridized carbons (Fsp3) is 0.750. The van der Waals surface area contributed by atoms with E-state index >= 15 is 0 Å². The highest BCUT2D eigenvalue weighted by molar-refractivity contribution is 7.89. The van der Waals surface area contributed by atoms with Crippen LogP contribution in [0.1, 0.15) is 25.1 Å². The van der Waals surface area contributed by atoms with Crippen molar-refractivity contribution in [1.82, 2.24) is 19.4 Å². The van der Waals surface area contributed by atoms with Gasteiger partial charge in [-0.05, 0) is 27.8 Å². The largest absolute Gasteiger partial charge is 0.392 e. The summed E-state index contributed by atoms with van der Waals surface area (Å²) in [6.07, 6.45) is 0. The van der Waals surface area contributed by atoms with E-state index in [-0.39, 0.29) is 23.7 Å². The van der Waals surface area contributed by atoms with E-state index in [0.29, 0.717) is 24.3 Å². The number of H-pyrrole nitrogens is 1. The number of rotatable bonds is 3. The Balaban J connectivity index is 2.35. The van der Waals surface area contributed by atoms with Crippen LogP contribution in [0.15, 0.2) is 5.03 Å². The highest BCUT2D eigenvalue weighted by atomic mass is 32.2. The van der Waals surface area contributed by atoms with Gasteiger partial charge < -0.3 is 5.11 Å². The molecule has 2 unspecified atom stereocenters. The Hall–Kier alpha value is -0.960. The lowest BCUT2D eigenvalue weighted by Gasteiger charge is -2.41. The van der Waals surface area contributed by atoms with Gasteiger partial charge in [0.25, 0.3) is 10.0 Å². The summed E-state index contributed by atoms with van der Waals surface area (Å²) in [5, 5.41) is 15.8. The molecule has 2 heterocycles. The molecule has 0 spiro atoms. The minimum Gasteiger partial charge on any atom is -0.392 e. The third-order valence-corrected chi connectivity index (χ3v) is 5.91. The van der Waals surface area contributed by atoms with Crippen LogP contribution in [0.4, 0.5) is 0 Å². The number of nitrogens with one attached hydrogen (secondary N) is 1. The molecule has 1 aromatic heterocycles. The van der Waals surface area contributed by atoms with Crippen molar-refractivity contribution in [3.63, 3.8) is 0 Å². The van der Waals surface area contributed by atoms with Crippen molar-refractivity contribution in [2.45, 2.75) is 44.5 Å². The first kappa shape index (κ1) is 15.4. The molecule has 2 N–H and O–H groups in total. The van der Waals surface area contributed by atoms with E-state index in [9.17, 15) is 13.5 Å². The molecule has 20 heavy (non-hydrogen) atoms. The van der Waals surface area contributed by atoms with Crippen LogP contribution in [-0.2, 0) is 16.6 Å². The lowest BCUT2D eigenvalue weighted by Crippen LogP contribution is -2.56. The molecule has 1 aliphatic heterocycles. The lowest BCUT2D eigenvalue weighted by molar-refractivity contribution is 0.105. The fourth-order valence-corrected chi connectivity index (χ4v) is 4.26. The quantitative estimate of drug-likeness (QED) is 0.815. The van der Waals surface area contributed by atoms with Crippen molar-refractivity contribution in [2.24, 2.45) is 0 Å². The zero-order valence-electron chi connectivity index (χ0n) is 12.3. The standard InChI is InChI=1S/C12H22N4O3S/c1-8-5-16(6-9(2)15(8)4)20(18,19)12-11(7-17)10(3)13-14-12/h8-9,17H,5-7H2,1-4H3,(H,13,14). The predicted octanol–water partition coefficient (Wildman–Crippen LogP) is -0.0765. The molecule has 0 amide bonds. The van der Waals surface area contributed by atoms with Crippen LogP contribution >= 0.6 is 0 Å². The van der Waals surface area contributed by atoms with Gasteiger partial charge in [-0.1, -0.05) is 0 Å². The minimum atomic E-state index is -3.67. The summed E-state index contributed by atoms with van der Waals surface area (Å²) in [4.78, 5) is 2.16. The predicted molar refractivity (Wildman–Crippen MR) is 74.7 cm³/mol. The lowest BCUT2D eigenvalue weighted by atomic mass is 10.1. The van der Waals surface area contributed by atoms with Gasteiger partial charge in [0.15, 0.2) is 5.03 Å². The van der Waals surface area contributed by atoms with E-state index < -0.39 is 10.0 Å². The molecule has 2 rings (SSSR count). The van der Waals surface area contributed by atoms with Crippen LogP contribution in [-0.4, -0.2) is 65.1 Å². The molecule has 1 saturated heterocycles. The van der Waals surface area contributed by atoms with Crippen LogP contribution in [0.2, 0.25) is 0 Å². The summed E-state index contributed by atoms with van der Waals surface area (Å²) in [5.41, 5.74) is 0.936. The van der Waals surface area contributed by atoms with Crippen molar-refractivity contribution >= 4 is 10.0 Å². The van der Waals surface area contributed by atoms with Crippen LogP contribution in [0.3, 0.4) is 0 Å². The molecule has 1 aliphatic rings. The number of nitrogens with zero attached hydrogens (tertiary/aromatic N) is 3. The summed E-state index contributed by atoms with van der Waals surface area (Å²) in [6.45, 7) is 6.23. The summed E-state index contributed by atoms with van der Waals surface area (Å²) in [7, 11) is -1.67. The highest BCUT2D eigenvalue weighted by Gasteiger charge is 2.37. The second-order valence-electron chi connectivity index (χ2n) is 5.48. The summed E-state index contributed by atoms with van der Waals surface area (Å²) in [5.74, 6) is 0. The molecule has 1 aromatic rings. The van der Waals surface area contributed by atoms with Gasteiger partial charge in [-0.15, -0.1) is 0 Å². The average molecular weight is 302 g/mol. The molecule has 0 bridgehead atoms. The number of hydrogen-bond donors (Lipinski definition) is 2. The Bertz CT molecular complexity index is 572. The maximum atomic E-state index is 12.7. The van der Waals surface area contributed by atoms with Gasteiger partial charge in [-0.25, -0.2) is 8.42 Å². The monoisotopic (exact) mass is 302 g/mol. The van der Waals surface area contributed by atoms with Gasteiger partial charge in [0.2, 0.25) is 0 Å². The van der Waals surface area contributed by atoms with E-state index in [2.05, 4.69) is 15.1 Å². The summed E-state index contributed by atoms with van der Waals surface area (Å²) >= 11 is 0. The van der Waals surface area contributed by atoms with E-state index in [4.69, 9.17) is 0 Å². The fourth-order valence-electron chi connectivity index (χ4n) is 2.50. The first-order chi connectivity index (χ1) is 9.28. The first-order valence-corrected chi connectivity index (χ1v) is 8.09. The second kappa shape index (κ2) is 5.44. The number of aliphatic hydroxyl groups is 1. The molecule has 8 heteroatoms. The third-order valence-electron chi connectivity index (χ3n) is 4.10. The molecule has 7 nitrogen and oxygen atoms in total. The van der Waals surface area contributed by atoms with Gasteiger partial charge in [-0.2, -0.15) is 9.40 Å². The number of hydrogen-bond acceptors (Lipinski definition) is 5. The number of likely N-dealkylation sites (N-methyl/N-ethyl adjacent to an activating group) is 1. The van der Waals surface area contributed by atoms with Gasteiger partial charge >= 0.3 is 0 Å². The Labute approximate surface area is 119 Å². The second-order valence-corrected chi connectivity index (χ2v) is 7.33. The SMILES string of the molecule is Cc1[nH]nc(S(=O)(=O)N2CC(C)N(C)C(C)C2)c1CO. The van der Waals surface area contributed by atoms with Gasteiger partial charge in [-0.3, -0.25) is 10.00 Å². The zero-order chi connectivity index (χ0) is 15.1. The molecular weight excluding hydrogens is 280 g/mol. The van der Waals surface area contributed by atoms with E-state index in [1.54, 1.807) is 6.92 Å². The maximum Gasteiger partial charge on any atom is 0.262 e. The van der Waals surface area contributed by atoms with Crippen molar-refractivity contribution in [2.75, 3.05) is 20.1 Å². The molecular formula is C12H22N4O3S. The van der Waals surface area contributed by atoms with E-state index in [0.717, 1.165) is 0 Å². The Morgan fingerprint density at radius 2 is 1.90 bits per heavy atom. The molecule has 0 saturated carbocycles. The smallest absolute Gasteiger partial charge is 0.262 e. The topological polar surface area (TPSA) is 89.5 Å². The number of aromatic amines is 1. The zero-order valence-corrected chi connectivity index (χ0v) is 13.1. The van der Waals surface area contributed by atoms with E-state index in [1.807, 2.05) is 20.9 Å². The normalized spacial score (nSPS) is 26.1. The van der Waals surface area contributed by atoms with Crippen LogP contribution in [0.5, 0.6) is 0 Å². The Morgan fingerprint density at radius 1 is 1.35 bits per heavy atom. The number of piperazine rings is 1. The molecule has 2 atom stereocenters. The van der Waals surface area contributed by atoms with Crippen molar-refractivity contribution in [3.05, 3.63) is 11.3 Å². The molecule has 0 radical (unpaired) electrons. The minimum absolute atomic E-state index is 0.0542. The van der Waals surface area contributed by atoms with Crippen LogP contribution in [0, 0.1) is 6.92 Å². The first-order valence-electron chi connectivity index (χ1n) is 6.65. The summed E-state index contributed by atoms with van der Waals surface area (Å²) in [6, 6.07) is 0.289. The number of aryl methyl sites for hydroxylation is 1. The Kier molecular flexibility index (Phi) is 4.19. The summed E-state index contributed by atoms with van der Waals surface area (Å²) < 4.78 is 26.8. The van der Waals surface area contributed by atoms with Crippen LogP contribution in [0.25, 0.3) is 0 Å². The van der Waals surface area contributed by atoms with Crippen molar-refractivity contribution in [3.8, 4) is 0 Å². The van der Waals surface area contributed by atoms with Crippen LogP contribution < -0.4 is 0 Å². The average Bonchev–Trinajstić information content (AvgIpc) is 2.77. The third kappa shape index (κ3) is 2.48. The van der Waals surface area contributed by atoms with Gasteiger partial charge in [0.1, 0.15) is 0 Å². The highest BCUT2D eigenvalue weighted by Crippen LogP contribution is 2.24. The van der Waals surface area contributed by atoms with E-state index in [1.165, 1.54) is 4.31 Å². The Morgan fingerprint density at radius 3 is 2.40 bits per heavy atom. The molecule has 1 fully saturated rings. The van der Waals surface area contributed by atoms with Crippen molar-refractivity contribution in [1.29, 1.82) is 0 Å². The van der Waals surface area contributed by atoms with Gasteiger partial charge in [0, 0.05) is 36.4 Å². The molecule has 114 valence electrons. The molecule has 0 aromatic carbocycles. The number of aromatic nitrogens is 2. The maximum absolute atomic E-state index is 12.7. The molecule has 0 aliphatic carbocycles. The van der Waals surface area contributed by atoms with Crippen molar-refractivity contribution < 1.29 is 13.5 Å². The van der Waals surface area contributed by atoms with Gasteiger partial charge in [0.05, 0.1) is 6.61 Å². The number of sulfonamides is 1. The number of aliphatic hydroxyl groups excluding tert-OH is 1.